The van der Waals surface area contributed by atoms with Gasteiger partial charge in [0.25, 0.3) is 0 Å². The van der Waals surface area contributed by atoms with Crippen LogP contribution in [0.3, 0.4) is 0 Å². The van der Waals surface area contributed by atoms with E-state index in [9.17, 15) is 0 Å². The van der Waals surface area contributed by atoms with E-state index >= 15 is 0 Å². The van der Waals surface area contributed by atoms with Crippen molar-refractivity contribution < 1.29 is 0 Å². The smallest absolute Gasteiger partial charge is 0.0490 e. The lowest BCUT2D eigenvalue weighted by Gasteiger charge is -2.05. The number of aromatic nitrogens is 2. The summed E-state index contributed by atoms with van der Waals surface area (Å²) in [6, 6.07) is 2.01. The fourth-order valence-electron chi connectivity index (χ4n) is 1.22. The molecule has 0 bridgehead atoms. The van der Waals surface area contributed by atoms with E-state index in [1.807, 2.05) is 6.07 Å². The van der Waals surface area contributed by atoms with Crippen LogP contribution in [0.4, 0.5) is 0 Å². The number of nitrogens with two attached hydrogens (primary N) is 1. The van der Waals surface area contributed by atoms with E-state index in [1.54, 1.807) is 6.20 Å². The molecule has 60 valence electrons. The molecular weight excluding hydrogens is 138 g/mol. The minimum atomic E-state index is 0.172. The zero-order valence-corrected chi connectivity index (χ0v) is 6.51. The first-order chi connectivity index (χ1) is 5.29. The highest BCUT2D eigenvalue weighted by atomic mass is 15.1. The first-order valence-electron chi connectivity index (χ1n) is 4.06. The number of rotatable bonds is 3. The summed E-state index contributed by atoms with van der Waals surface area (Å²) < 4.78 is 0. The van der Waals surface area contributed by atoms with Crippen LogP contribution >= 0.6 is 0 Å². The van der Waals surface area contributed by atoms with Crippen molar-refractivity contribution in [1.82, 2.24) is 10.2 Å². The van der Waals surface area contributed by atoms with Gasteiger partial charge in [-0.3, -0.25) is 5.10 Å². The Hall–Kier alpha value is -0.830. The van der Waals surface area contributed by atoms with Gasteiger partial charge in [0.15, 0.2) is 0 Å². The van der Waals surface area contributed by atoms with Gasteiger partial charge in [-0.2, -0.15) is 5.10 Å². The molecule has 1 aliphatic carbocycles. The van der Waals surface area contributed by atoms with Gasteiger partial charge in [-0.25, -0.2) is 0 Å². The Labute approximate surface area is 66.0 Å². The molecule has 0 spiro atoms. The molecule has 2 rings (SSSR count). The van der Waals surface area contributed by atoms with E-state index < -0.39 is 0 Å². The van der Waals surface area contributed by atoms with Crippen molar-refractivity contribution in [2.45, 2.75) is 31.2 Å². The van der Waals surface area contributed by atoms with Gasteiger partial charge < -0.3 is 5.73 Å². The van der Waals surface area contributed by atoms with Crippen molar-refractivity contribution in [3.63, 3.8) is 0 Å². The number of nitrogens with one attached hydrogen (secondary N) is 1. The lowest BCUT2D eigenvalue weighted by Crippen LogP contribution is -2.22. The van der Waals surface area contributed by atoms with E-state index in [1.165, 1.54) is 18.5 Å². The predicted octanol–water partition coefficient (Wildman–Crippen LogP) is 0.834. The molecule has 3 nitrogen and oxygen atoms in total. The van der Waals surface area contributed by atoms with E-state index in [0.29, 0.717) is 0 Å². The highest BCUT2D eigenvalue weighted by Gasteiger charge is 2.37. The van der Waals surface area contributed by atoms with Crippen molar-refractivity contribution in [1.29, 1.82) is 0 Å². The molecule has 0 saturated heterocycles. The van der Waals surface area contributed by atoms with Crippen LogP contribution in [0.1, 0.15) is 25.0 Å². The molecule has 0 radical (unpaired) electrons. The summed E-state index contributed by atoms with van der Waals surface area (Å²) in [6.07, 6.45) is 6.30. The van der Waals surface area contributed by atoms with Gasteiger partial charge in [0.1, 0.15) is 0 Å². The number of hydrogen-bond donors (Lipinski definition) is 2. The summed E-state index contributed by atoms with van der Waals surface area (Å²) in [6.45, 7) is 0. The summed E-state index contributed by atoms with van der Waals surface area (Å²) in [5, 5.41) is 6.81. The molecule has 0 aliphatic heterocycles. The maximum absolute atomic E-state index is 5.93. The average Bonchev–Trinajstić information content (AvgIpc) is 2.53. The topological polar surface area (TPSA) is 54.7 Å². The molecule has 0 aromatic carbocycles. The van der Waals surface area contributed by atoms with Crippen LogP contribution in [-0.2, 0) is 6.42 Å². The van der Waals surface area contributed by atoms with Gasteiger partial charge in [-0.05, 0) is 31.7 Å². The van der Waals surface area contributed by atoms with Crippen LogP contribution < -0.4 is 5.73 Å². The van der Waals surface area contributed by atoms with Crippen LogP contribution in [-0.4, -0.2) is 15.7 Å². The van der Waals surface area contributed by atoms with Gasteiger partial charge >= 0.3 is 0 Å². The number of aromatic amines is 1. The van der Waals surface area contributed by atoms with Gasteiger partial charge in [-0.1, -0.05) is 0 Å². The Morgan fingerprint density at radius 3 is 3.00 bits per heavy atom. The Bertz CT molecular complexity index is 223. The third kappa shape index (κ3) is 1.60. The maximum atomic E-state index is 5.93. The number of nitrogens with zero attached hydrogens (tertiary/aromatic N) is 1. The minimum Gasteiger partial charge on any atom is -0.325 e. The van der Waals surface area contributed by atoms with Crippen molar-refractivity contribution in [2.75, 3.05) is 0 Å². The minimum absolute atomic E-state index is 0.172. The lowest BCUT2D eigenvalue weighted by molar-refractivity contribution is 0.602. The summed E-state index contributed by atoms with van der Waals surface area (Å²) in [5.41, 5.74) is 7.30. The van der Waals surface area contributed by atoms with Gasteiger partial charge in [0.05, 0.1) is 0 Å². The molecule has 1 fully saturated rings. The Balaban J connectivity index is 1.83. The first kappa shape index (κ1) is 6.85. The molecule has 3 heteroatoms. The maximum Gasteiger partial charge on any atom is 0.0490 e. The molecular formula is C8H13N3. The molecule has 1 aromatic heterocycles. The molecule has 0 amide bonds. The second kappa shape index (κ2) is 2.34. The fourth-order valence-corrected chi connectivity index (χ4v) is 1.22. The van der Waals surface area contributed by atoms with E-state index in [0.717, 1.165) is 12.8 Å². The van der Waals surface area contributed by atoms with Crippen LogP contribution in [0, 0.1) is 0 Å². The summed E-state index contributed by atoms with van der Waals surface area (Å²) in [5.74, 6) is 0. The monoisotopic (exact) mass is 151 g/mol. The molecule has 0 atom stereocenters. The second-order valence-corrected chi connectivity index (χ2v) is 3.44. The zero-order valence-electron chi connectivity index (χ0n) is 6.51. The second-order valence-electron chi connectivity index (χ2n) is 3.44. The first-order valence-corrected chi connectivity index (χ1v) is 4.06. The van der Waals surface area contributed by atoms with Gasteiger partial charge in [0.2, 0.25) is 0 Å². The summed E-state index contributed by atoms with van der Waals surface area (Å²) in [4.78, 5) is 0. The van der Waals surface area contributed by atoms with Crippen LogP contribution in [0.5, 0.6) is 0 Å². The molecule has 1 heterocycles. The molecule has 11 heavy (non-hydrogen) atoms. The molecule has 0 unspecified atom stereocenters. The fraction of sp³-hybridized carbons (Fsp3) is 0.625. The Morgan fingerprint density at radius 1 is 1.64 bits per heavy atom. The van der Waals surface area contributed by atoms with E-state index in [4.69, 9.17) is 5.73 Å². The SMILES string of the molecule is NC1(CCc2ccn[nH]2)CC1. The molecule has 1 saturated carbocycles. The number of H-pyrrole nitrogens is 1. The largest absolute Gasteiger partial charge is 0.325 e. The highest BCUT2D eigenvalue weighted by molar-refractivity contribution is 5.04. The lowest BCUT2D eigenvalue weighted by atomic mass is 10.1. The van der Waals surface area contributed by atoms with Crippen molar-refractivity contribution in [2.24, 2.45) is 5.73 Å². The number of aryl methyl sites for hydroxylation is 1. The standard InChI is InChI=1S/C8H13N3/c9-8(4-5-8)3-1-7-2-6-10-11-7/h2,6H,1,3-5,9H2,(H,10,11). The van der Waals surface area contributed by atoms with Crippen LogP contribution in [0.2, 0.25) is 0 Å². The van der Waals surface area contributed by atoms with E-state index in [-0.39, 0.29) is 5.54 Å². The summed E-state index contributed by atoms with van der Waals surface area (Å²) in [7, 11) is 0. The Morgan fingerprint density at radius 2 is 2.45 bits per heavy atom. The van der Waals surface area contributed by atoms with Crippen molar-refractivity contribution in [3.8, 4) is 0 Å². The molecule has 1 aromatic rings. The van der Waals surface area contributed by atoms with Crippen LogP contribution in [0.15, 0.2) is 12.3 Å². The zero-order chi connectivity index (χ0) is 7.73. The third-order valence-electron chi connectivity index (χ3n) is 2.34. The predicted molar refractivity (Wildman–Crippen MR) is 43.1 cm³/mol. The molecule has 3 N–H and O–H groups in total. The Kier molecular flexibility index (Phi) is 1.46. The quantitative estimate of drug-likeness (QED) is 0.672. The van der Waals surface area contributed by atoms with Crippen LogP contribution in [0.25, 0.3) is 0 Å². The van der Waals surface area contributed by atoms with E-state index in [2.05, 4.69) is 10.2 Å². The van der Waals surface area contributed by atoms with Crippen molar-refractivity contribution >= 4 is 0 Å². The average molecular weight is 151 g/mol. The van der Waals surface area contributed by atoms with Crippen molar-refractivity contribution in [3.05, 3.63) is 18.0 Å². The third-order valence-corrected chi connectivity index (χ3v) is 2.34. The van der Waals surface area contributed by atoms with Gasteiger partial charge in [0, 0.05) is 17.4 Å². The van der Waals surface area contributed by atoms with Gasteiger partial charge in [-0.15, -0.1) is 0 Å². The summed E-state index contributed by atoms with van der Waals surface area (Å²) >= 11 is 0. The highest BCUT2D eigenvalue weighted by Crippen LogP contribution is 2.36. The molecule has 1 aliphatic rings. The normalized spacial score (nSPS) is 20.1. The number of hydrogen-bond acceptors (Lipinski definition) is 2.